The first kappa shape index (κ1) is 14.7. The van der Waals surface area contributed by atoms with Crippen LogP contribution in [-0.2, 0) is 4.74 Å². The lowest BCUT2D eigenvalue weighted by Crippen LogP contribution is -2.28. The molecule has 15 heavy (non-hydrogen) atoms. The third-order valence-electron chi connectivity index (χ3n) is 2.09. The van der Waals surface area contributed by atoms with E-state index in [9.17, 15) is 13.2 Å². The summed E-state index contributed by atoms with van der Waals surface area (Å²) in [7, 11) is 0. The second kappa shape index (κ2) is 7.93. The first-order chi connectivity index (χ1) is 6.99. The molecular formula is C10H20F3NO. The van der Waals surface area contributed by atoms with Gasteiger partial charge in [0.2, 0.25) is 0 Å². The molecule has 0 aromatic carbocycles. The van der Waals surface area contributed by atoms with E-state index in [2.05, 4.69) is 17.0 Å². The third-order valence-corrected chi connectivity index (χ3v) is 2.09. The summed E-state index contributed by atoms with van der Waals surface area (Å²) in [6, 6.07) is 0.393. The van der Waals surface area contributed by atoms with Crippen LogP contribution < -0.4 is 5.32 Å². The topological polar surface area (TPSA) is 21.3 Å². The number of alkyl halides is 3. The Hall–Kier alpha value is -0.290. The van der Waals surface area contributed by atoms with Gasteiger partial charge >= 0.3 is 6.18 Å². The van der Waals surface area contributed by atoms with E-state index in [-0.39, 0.29) is 6.61 Å². The largest absolute Gasteiger partial charge is 0.411 e. The molecule has 0 spiro atoms. The molecule has 0 amide bonds. The van der Waals surface area contributed by atoms with Crippen LogP contribution >= 0.6 is 0 Å². The van der Waals surface area contributed by atoms with Gasteiger partial charge in [-0.15, -0.1) is 0 Å². The maximum absolute atomic E-state index is 11.7. The molecule has 0 aliphatic heterocycles. The molecule has 0 fully saturated rings. The number of ether oxygens (including phenoxy) is 1. The summed E-state index contributed by atoms with van der Waals surface area (Å²) in [6.45, 7) is 4.01. The predicted molar refractivity (Wildman–Crippen MR) is 53.9 cm³/mol. The SMILES string of the molecule is CCNC(CC)CCCOCC(F)(F)F. The first-order valence-corrected chi connectivity index (χ1v) is 5.37. The van der Waals surface area contributed by atoms with E-state index < -0.39 is 12.8 Å². The van der Waals surface area contributed by atoms with Gasteiger partial charge in [0.1, 0.15) is 6.61 Å². The molecule has 0 radical (unpaired) electrons. The van der Waals surface area contributed by atoms with Gasteiger partial charge < -0.3 is 10.1 Å². The number of rotatable bonds is 8. The summed E-state index contributed by atoms with van der Waals surface area (Å²) in [5.74, 6) is 0. The Kier molecular flexibility index (Phi) is 7.78. The van der Waals surface area contributed by atoms with Crippen LogP contribution in [0.5, 0.6) is 0 Å². The summed E-state index contributed by atoms with van der Waals surface area (Å²) >= 11 is 0. The van der Waals surface area contributed by atoms with Gasteiger partial charge in [-0.3, -0.25) is 0 Å². The van der Waals surface area contributed by atoms with Crippen LogP contribution in [0.25, 0.3) is 0 Å². The Morgan fingerprint density at radius 2 is 1.93 bits per heavy atom. The number of hydrogen-bond acceptors (Lipinski definition) is 2. The molecule has 0 saturated carbocycles. The molecule has 0 aliphatic rings. The summed E-state index contributed by atoms with van der Waals surface area (Å²) in [6.07, 6.45) is -1.68. The summed E-state index contributed by atoms with van der Waals surface area (Å²) < 4.78 is 39.6. The zero-order chi connectivity index (χ0) is 11.7. The molecule has 0 aliphatic carbocycles. The first-order valence-electron chi connectivity index (χ1n) is 5.37. The Bertz CT molecular complexity index is 150. The van der Waals surface area contributed by atoms with Crippen molar-refractivity contribution >= 4 is 0 Å². The van der Waals surface area contributed by atoms with Crippen LogP contribution in [0.2, 0.25) is 0 Å². The molecule has 0 aromatic rings. The quantitative estimate of drug-likeness (QED) is 0.644. The minimum Gasteiger partial charge on any atom is -0.372 e. The van der Waals surface area contributed by atoms with E-state index in [0.29, 0.717) is 12.5 Å². The summed E-state index contributed by atoms with van der Waals surface area (Å²) in [5.41, 5.74) is 0. The van der Waals surface area contributed by atoms with Crippen molar-refractivity contribution in [1.29, 1.82) is 0 Å². The average molecular weight is 227 g/mol. The summed E-state index contributed by atoms with van der Waals surface area (Å²) in [4.78, 5) is 0. The fourth-order valence-corrected chi connectivity index (χ4v) is 1.36. The molecule has 92 valence electrons. The smallest absolute Gasteiger partial charge is 0.372 e. The predicted octanol–water partition coefficient (Wildman–Crippen LogP) is 2.73. The van der Waals surface area contributed by atoms with Crippen molar-refractivity contribution in [2.24, 2.45) is 0 Å². The molecule has 0 saturated heterocycles. The van der Waals surface area contributed by atoms with Crippen molar-refractivity contribution < 1.29 is 17.9 Å². The van der Waals surface area contributed by atoms with E-state index in [4.69, 9.17) is 0 Å². The zero-order valence-electron chi connectivity index (χ0n) is 9.36. The highest BCUT2D eigenvalue weighted by Crippen LogP contribution is 2.14. The minimum atomic E-state index is -4.20. The number of hydrogen-bond donors (Lipinski definition) is 1. The van der Waals surface area contributed by atoms with Gasteiger partial charge in [0, 0.05) is 12.6 Å². The Labute approximate surface area is 89.2 Å². The highest BCUT2D eigenvalue weighted by Gasteiger charge is 2.27. The van der Waals surface area contributed by atoms with Crippen LogP contribution in [0.1, 0.15) is 33.1 Å². The fraction of sp³-hybridized carbons (Fsp3) is 1.00. The lowest BCUT2D eigenvalue weighted by Gasteiger charge is -2.15. The molecule has 1 N–H and O–H groups in total. The van der Waals surface area contributed by atoms with Crippen molar-refractivity contribution in [3.05, 3.63) is 0 Å². The highest BCUT2D eigenvalue weighted by atomic mass is 19.4. The summed E-state index contributed by atoms with van der Waals surface area (Å²) in [5, 5.41) is 3.26. The Morgan fingerprint density at radius 3 is 2.40 bits per heavy atom. The normalized spacial score (nSPS) is 14.2. The van der Waals surface area contributed by atoms with Gasteiger partial charge in [-0.1, -0.05) is 13.8 Å². The highest BCUT2D eigenvalue weighted by molar-refractivity contribution is 4.63. The lowest BCUT2D eigenvalue weighted by molar-refractivity contribution is -0.174. The van der Waals surface area contributed by atoms with Crippen LogP contribution in [0.3, 0.4) is 0 Å². The fourth-order valence-electron chi connectivity index (χ4n) is 1.36. The van der Waals surface area contributed by atoms with E-state index in [1.54, 1.807) is 0 Å². The number of halogens is 3. The maximum Gasteiger partial charge on any atom is 0.411 e. The van der Waals surface area contributed by atoms with Crippen LogP contribution in [-0.4, -0.2) is 32.0 Å². The van der Waals surface area contributed by atoms with Gasteiger partial charge in [0.15, 0.2) is 0 Å². The van der Waals surface area contributed by atoms with Gasteiger partial charge in [-0.2, -0.15) is 13.2 Å². The van der Waals surface area contributed by atoms with E-state index in [1.165, 1.54) is 0 Å². The molecule has 0 rings (SSSR count). The molecule has 1 atom stereocenters. The van der Waals surface area contributed by atoms with E-state index in [0.717, 1.165) is 19.4 Å². The molecule has 0 heterocycles. The molecule has 5 heteroatoms. The van der Waals surface area contributed by atoms with Crippen LogP contribution in [0.15, 0.2) is 0 Å². The molecule has 0 aromatic heterocycles. The third kappa shape index (κ3) is 10.0. The average Bonchev–Trinajstić information content (AvgIpc) is 2.14. The van der Waals surface area contributed by atoms with Crippen molar-refractivity contribution in [1.82, 2.24) is 5.32 Å². The maximum atomic E-state index is 11.7. The second-order valence-corrected chi connectivity index (χ2v) is 3.47. The van der Waals surface area contributed by atoms with Crippen molar-refractivity contribution in [2.45, 2.75) is 45.3 Å². The standard InChI is InChI=1S/C10H20F3NO/c1-3-9(14-4-2)6-5-7-15-8-10(11,12)13/h9,14H,3-8H2,1-2H3. The van der Waals surface area contributed by atoms with Gasteiger partial charge in [0.05, 0.1) is 0 Å². The molecular weight excluding hydrogens is 207 g/mol. The Balaban J connectivity index is 3.36. The lowest BCUT2D eigenvalue weighted by atomic mass is 10.1. The van der Waals surface area contributed by atoms with E-state index >= 15 is 0 Å². The number of nitrogens with one attached hydrogen (secondary N) is 1. The van der Waals surface area contributed by atoms with Gasteiger partial charge in [-0.25, -0.2) is 0 Å². The second-order valence-electron chi connectivity index (χ2n) is 3.47. The minimum absolute atomic E-state index is 0.182. The molecule has 1 unspecified atom stereocenters. The van der Waals surface area contributed by atoms with E-state index in [1.807, 2.05) is 6.92 Å². The van der Waals surface area contributed by atoms with Crippen molar-refractivity contribution in [3.8, 4) is 0 Å². The van der Waals surface area contributed by atoms with Crippen molar-refractivity contribution in [2.75, 3.05) is 19.8 Å². The van der Waals surface area contributed by atoms with Crippen LogP contribution in [0, 0.1) is 0 Å². The van der Waals surface area contributed by atoms with Gasteiger partial charge in [0.25, 0.3) is 0 Å². The van der Waals surface area contributed by atoms with Crippen molar-refractivity contribution in [3.63, 3.8) is 0 Å². The molecule has 0 bridgehead atoms. The monoisotopic (exact) mass is 227 g/mol. The van der Waals surface area contributed by atoms with Gasteiger partial charge in [-0.05, 0) is 25.8 Å². The zero-order valence-corrected chi connectivity index (χ0v) is 9.36. The van der Waals surface area contributed by atoms with Crippen LogP contribution in [0.4, 0.5) is 13.2 Å². The Morgan fingerprint density at radius 1 is 1.27 bits per heavy atom. The molecule has 2 nitrogen and oxygen atoms in total.